The van der Waals surface area contributed by atoms with Crippen LogP contribution in [0.3, 0.4) is 0 Å². The summed E-state index contributed by atoms with van der Waals surface area (Å²) in [4.78, 5) is 13.6. The van der Waals surface area contributed by atoms with Gasteiger partial charge in [0.1, 0.15) is 5.75 Å². The summed E-state index contributed by atoms with van der Waals surface area (Å²) in [6.45, 7) is 3.63. The topological polar surface area (TPSA) is 29.5 Å². The molecule has 98 valence electrons. The van der Waals surface area contributed by atoms with Crippen LogP contribution in [0.15, 0.2) is 30.5 Å². The summed E-state index contributed by atoms with van der Waals surface area (Å²) in [5.41, 5.74) is 0.915. The molecule has 18 heavy (non-hydrogen) atoms. The van der Waals surface area contributed by atoms with Gasteiger partial charge in [-0.2, -0.15) is 0 Å². The highest BCUT2D eigenvalue weighted by Gasteiger charge is 2.13. The first-order valence-corrected chi connectivity index (χ1v) is 6.09. The molecule has 4 heteroatoms. The van der Waals surface area contributed by atoms with Crippen LogP contribution in [-0.4, -0.2) is 30.9 Å². The monoisotopic (exact) mass is 267 g/mol. The number of carbonyl (C=O) groups is 1. The molecule has 0 saturated heterocycles. The summed E-state index contributed by atoms with van der Waals surface area (Å²) in [5, 5.41) is 0.659. The number of hydrogen-bond acceptors (Lipinski definition) is 3. The molecule has 0 aromatic heterocycles. The molecule has 1 unspecified atom stereocenters. The fraction of sp³-hybridized carbons (Fsp3) is 0.357. The van der Waals surface area contributed by atoms with Gasteiger partial charge in [0.15, 0.2) is 11.9 Å². The fourth-order valence-electron chi connectivity index (χ4n) is 1.35. The number of nitrogens with zero attached hydrogens (tertiary/aromatic N) is 1. The molecule has 0 bridgehead atoms. The molecule has 0 aliphatic heterocycles. The molecule has 1 rings (SSSR count). The Labute approximate surface area is 113 Å². The van der Waals surface area contributed by atoms with Gasteiger partial charge < -0.3 is 9.64 Å². The van der Waals surface area contributed by atoms with E-state index < -0.39 is 6.10 Å². The smallest absolute Gasteiger partial charge is 0.197 e. The van der Waals surface area contributed by atoms with Crippen molar-refractivity contribution in [1.82, 2.24) is 4.90 Å². The van der Waals surface area contributed by atoms with Gasteiger partial charge in [0, 0.05) is 31.4 Å². The van der Waals surface area contributed by atoms with Crippen LogP contribution in [0.2, 0.25) is 5.02 Å². The van der Waals surface area contributed by atoms with Crippen molar-refractivity contribution in [2.24, 2.45) is 0 Å². The predicted octanol–water partition coefficient (Wildman–Crippen LogP) is 3.06. The van der Waals surface area contributed by atoms with Gasteiger partial charge in [-0.05, 0) is 37.6 Å². The van der Waals surface area contributed by atoms with Crippen molar-refractivity contribution in [3.8, 4) is 5.75 Å². The second kappa shape index (κ2) is 6.45. The molecule has 1 atom stereocenters. The molecule has 0 spiro atoms. The lowest BCUT2D eigenvalue weighted by atomic mass is 10.2. The van der Waals surface area contributed by atoms with Gasteiger partial charge in [0.2, 0.25) is 0 Å². The summed E-state index contributed by atoms with van der Waals surface area (Å²) < 4.78 is 5.62. The van der Waals surface area contributed by atoms with Crippen molar-refractivity contribution in [1.29, 1.82) is 0 Å². The third-order valence-corrected chi connectivity index (χ3v) is 2.61. The average Bonchev–Trinajstić information content (AvgIpc) is 2.29. The summed E-state index contributed by atoms with van der Waals surface area (Å²) in [6, 6.07) is 5.33. The Bertz CT molecular complexity index is 455. The highest BCUT2D eigenvalue weighted by molar-refractivity contribution is 6.30. The zero-order valence-electron chi connectivity index (χ0n) is 11.1. The van der Waals surface area contributed by atoms with Gasteiger partial charge in [-0.25, -0.2) is 0 Å². The van der Waals surface area contributed by atoms with Crippen LogP contribution in [0, 0.1) is 6.92 Å². The van der Waals surface area contributed by atoms with Crippen LogP contribution >= 0.6 is 11.6 Å². The minimum Gasteiger partial charge on any atom is -0.482 e. The van der Waals surface area contributed by atoms with Crippen LogP contribution in [0.4, 0.5) is 0 Å². The zero-order chi connectivity index (χ0) is 13.7. The molecule has 0 aliphatic rings. The van der Waals surface area contributed by atoms with E-state index in [0.717, 1.165) is 5.56 Å². The van der Waals surface area contributed by atoms with E-state index in [1.807, 2.05) is 27.1 Å². The van der Waals surface area contributed by atoms with Crippen molar-refractivity contribution < 1.29 is 9.53 Å². The van der Waals surface area contributed by atoms with Crippen molar-refractivity contribution in [3.05, 3.63) is 41.1 Å². The lowest BCUT2D eigenvalue weighted by molar-refractivity contribution is -0.120. The van der Waals surface area contributed by atoms with Crippen LogP contribution < -0.4 is 4.74 Å². The molecular formula is C14H18ClNO2. The molecule has 0 fully saturated rings. The Kier molecular flexibility index (Phi) is 5.23. The fourth-order valence-corrected chi connectivity index (χ4v) is 1.58. The molecule has 0 aliphatic carbocycles. The number of carbonyl (C=O) groups excluding carboxylic acids is 1. The van der Waals surface area contributed by atoms with Gasteiger partial charge in [0.25, 0.3) is 0 Å². The highest BCUT2D eigenvalue weighted by atomic mass is 35.5. The minimum atomic E-state index is -0.513. The predicted molar refractivity (Wildman–Crippen MR) is 74.1 cm³/mol. The number of benzene rings is 1. The highest BCUT2D eigenvalue weighted by Crippen LogP contribution is 2.22. The summed E-state index contributed by atoms with van der Waals surface area (Å²) >= 11 is 5.86. The van der Waals surface area contributed by atoms with E-state index in [2.05, 4.69) is 0 Å². The third kappa shape index (κ3) is 4.41. The molecule has 0 amide bonds. The number of ether oxygens (including phenoxy) is 1. The average molecular weight is 268 g/mol. The van der Waals surface area contributed by atoms with Crippen LogP contribution in [-0.2, 0) is 4.79 Å². The largest absolute Gasteiger partial charge is 0.482 e. The lowest BCUT2D eigenvalue weighted by Crippen LogP contribution is -2.22. The Morgan fingerprint density at radius 2 is 2.11 bits per heavy atom. The third-order valence-electron chi connectivity index (χ3n) is 2.38. The standard InChI is InChI=1S/C14H18ClNO2/c1-10-9-12(15)5-6-14(10)18-11(2)13(17)7-8-16(3)4/h5-9,11H,1-4H3. The number of rotatable bonds is 5. The van der Waals surface area contributed by atoms with E-state index in [-0.39, 0.29) is 5.78 Å². The Hall–Kier alpha value is -1.48. The quantitative estimate of drug-likeness (QED) is 0.768. The molecule has 1 aromatic rings. The van der Waals surface area contributed by atoms with Gasteiger partial charge >= 0.3 is 0 Å². The maximum Gasteiger partial charge on any atom is 0.197 e. The SMILES string of the molecule is Cc1cc(Cl)ccc1OC(C)C(=O)C=CN(C)C. The second-order valence-corrected chi connectivity index (χ2v) is 4.79. The number of halogens is 1. The van der Waals surface area contributed by atoms with Gasteiger partial charge in [-0.3, -0.25) is 4.79 Å². The first-order chi connectivity index (χ1) is 8.40. The summed E-state index contributed by atoms with van der Waals surface area (Å²) in [7, 11) is 3.72. The van der Waals surface area contributed by atoms with Crippen LogP contribution in [0.25, 0.3) is 0 Å². The Morgan fingerprint density at radius 1 is 1.44 bits per heavy atom. The van der Waals surface area contributed by atoms with Crippen molar-refractivity contribution >= 4 is 17.4 Å². The van der Waals surface area contributed by atoms with E-state index in [1.165, 1.54) is 6.08 Å². The molecule has 3 nitrogen and oxygen atoms in total. The number of aryl methyl sites for hydroxylation is 1. The minimum absolute atomic E-state index is 0.0712. The van der Waals surface area contributed by atoms with Crippen molar-refractivity contribution in [2.75, 3.05) is 14.1 Å². The van der Waals surface area contributed by atoms with Gasteiger partial charge in [-0.1, -0.05) is 11.6 Å². The maximum absolute atomic E-state index is 11.8. The van der Waals surface area contributed by atoms with Crippen LogP contribution in [0.1, 0.15) is 12.5 Å². The van der Waals surface area contributed by atoms with E-state index in [0.29, 0.717) is 10.8 Å². The zero-order valence-corrected chi connectivity index (χ0v) is 11.9. The molecular weight excluding hydrogens is 250 g/mol. The summed E-state index contributed by atoms with van der Waals surface area (Å²) in [6.07, 6.45) is 2.70. The molecule has 0 radical (unpaired) electrons. The maximum atomic E-state index is 11.8. The normalized spacial score (nSPS) is 12.5. The van der Waals surface area contributed by atoms with Gasteiger partial charge in [0.05, 0.1) is 0 Å². The molecule has 0 saturated carbocycles. The van der Waals surface area contributed by atoms with Crippen molar-refractivity contribution in [2.45, 2.75) is 20.0 Å². The molecule has 0 heterocycles. The van der Waals surface area contributed by atoms with E-state index in [1.54, 1.807) is 30.2 Å². The second-order valence-electron chi connectivity index (χ2n) is 4.35. The number of ketones is 1. The molecule has 1 aromatic carbocycles. The van der Waals surface area contributed by atoms with Crippen molar-refractivity contribution in [3.63, 3.8) is 0 Å². The van der Waals surface area contributed by atoms with E-state index >= 15 is 0 Å². The van der Waals surface area contributed by atoms with E-state index in [9.17, 15) is 4.79 Å². The first kappa shape index (κ1) is 14.6. The number of hydrogen-bond donors (Lipinski definition) is 0. The Morgan fingerprint density at radius 3 is 2.67 bits per heavy atom. The first-order valence-electron chi connectivity index (χ1n) is 5.71. The van der Waals surface area contributed by atoms with E-state index in [4.69, 9.17) is 16.3 Å². The van der Waals surface area contributed by atoms with Gasteiger partial charge in [-0.15, -0.1) is 0 Å². The summed E-state index contributed by atoms with van der Waals surface area (Å²) in [5.74, 6) is 0.608. The van der Waals surface area contributed by atoms with Crippen LogP contribution in [0.5, 0.6) is 5.75 Å². The molecule has 0 N–H and O–H groups in total. The lowest BCUT2D eigenvalue weighted by Gasteiger charge is -2.14. The Balaban J connectivity index is 2.69.